The molecular formula is C14H22N4. The number of nitrogens with two attached hydrogens (primary N) is 1. The molecular weight excluding hydrogens is 224 g/mol. The Morgan fingerprint density at radius 1 is 1.39 bits per heavy atom. The van der Waals surface area contributed by atoms with E-state index in [2.05, 4.69) is 34.4 Å². The number of nitrogens with zero attached hydrogens (tertiary/aromatic N) is 2. The molecule has 3 N–H and O–H groups in total. The van der Waals surface area contributed by atoms with Crippen molar-refractivity contribution in [1.29, 1.82) is 0 Å². The first kappa shape index (κ1) is 12.9. The first-order valence-corrected chi connectivity index (χ1v) is 6.58. The molecule has 0 radical (unpaired) electrons. The van der Waals surface area contributed by atoms with E-state index in [-0.39, 0.29) is 0 Å². The Balaban J connectivity index is 2.01. The molecule has 2 heterocycles. The number of nitrogens with one attached hydrogen (secondary N) is 1. The number of rotatable bonds is 5. The molecule has 1 aromatic rings. The minimum Gasteiger partial charge on any atom is -0.364 e. The lowest BCUT2D eigenvalue weighted by Gasteiger charge is -2.21. The largest absolute Gasteiger partial charge is 0.364 e. The Bertz CT molecular complexity index is 410. The van der Waals surface area contributed by atoms with Crippen LogP contribution in [0.5, 0.6) is 0 Å². The van der Waals surface area contributed by atoms with E-state index >= 15 is 0 Å². The standard InChI is InChI=1S/C14H22N4/c1-11-5-6-13(9-16-11)14-10-18(12(2)17-14)8-4-3-7-15/h5-6,9-10,12,17H,3-4,7-8,15H2,1-2H3. The number of aryl methyl sites for hydroxylation is 1. The summed E-state index contributed by atoms with van der Waals surface area (Å²) < 4.78 is 0. The number of hydrogen-bond donors (Lipinski definition) is 2. The van der Waals surface area contributed by atoms with Crippen LogP contribution in [0.1, 0.15) is 31.0 Å². The van der Waals surface area contributed by atoms with E-state index in [9.17, 15) is 0 Å². The van der Waals surface area contributed by atoms with Gasteiger partial charge in [0.05, 0.1) is 11.9 Å². The second-order valence-corrected chi connectivity index (χ2v) is 4.78. The molecule has 0 amide bonds. The minimum atomic E-state index is 0.346. The summed E-state index contributed by atoms with van der Waals surface area (Å²) in [6, 6.07) is 4.15. The number of unbranched alkanes of at least 4 members (excludes halogenated alkanes) is 1. The highest BCUT2D eigenvalue weighted by Gasteiger charge is 2.19. The van der Waals surface area contributed by atoms with E-state index in [0.29, 0.717) is 6.17 Å². The fourth-order valence-corrected chi connectivity index (χ4v) is 2.10. The highest BCUT2D eigenvalue weighted by atomic mass is 15.3. The maximum Gasteiger partial charge on any atom is 0.0957 e. The molecule has 1 aromatic heterocycles. The van der Waals surface area contributed by atoms with Crippen LogP contribution in [0.15, 0.2) is 24.5 Å². The predicted octanol–water partition coefficient (Wildman–Crippen LogP) is 1.68. The molecule has 1 atom stereocenters. The number of aromatic nitrogens is 1. The summed E-state index contributed by atoms with van der Waals surface area (Å²) in [7, 11) is 0. The van der Waals surface area contributed by atoms with Crippen molar-refractivity contribution in [2.24, 2.45) is 5.73 Å². The topological polar surface area (TPSA) is 54.2 Å². The van der Waals surface area contributed by atoms with E-state index in [0.717, 1.165) is 42.9 Å². The number of pyridine rings is 1. The van der Waals surface area contributed by atoms with Gasteiger partial charge in [-0.3, -0.25) is 4.98 Å². The normalized spacial score (nSPS) is 18.7. The van der Waals surface area contributed by atoms with Crippen molar-refractivity contribution < 1.29 is 0 Å². The summed E-state index contributed by atoms with van der Waals surface area (Å²) in [5.41, 5.74) is 8.87. The van der Waals surface area contributed by atoms with Crippen molar-refractivity contribution >= 4 is 5.70 Å². The minimum absolute atomic E-state index is 0.346. The average molecular weight is 246 g/mol. The summed E-state index contributed by atoms with van der Waals surface area (Å²) in [4.78, 5) is 6.66. The van der Waals surface area contributed by atoms with Gasteiger partial charge in [0.1, 0.15) is 0 Å². The van der Waals surface area contributed by atoms with Gasteiger partial charge in [-0.1, -0.05) is 0 Å². The van der Waals surface area contributed by atoms with Gasteiger partial charge in [0.2, 0.25) is 0 Å². The van der Waals surface area contributed by atoms with Crippen LogP contribution in [-0.2, 0) is 0 Å². The fraction of sp³-hybridized carbons (Fsp3) is 0.500. The van der Waals surface area contributed by atoms with Crippen molar-refractivity contribution in [2.45, 2.75) is 32.9 Å². The zero-order chi connectivity index (χ0) is 13.0. The van der Waals surface area contributed by atoms with Gasteiger partial charge in [0, 0.05) is 30.2 Å². The molecule has 4 nitrogen and oxygen atoms in total. The van der Waals surface area contributed by atoms with Gasteiger partial charge in [0.15, 0.2) is 0 Å². The maximum absolute atomic E-state index is 5.52. The molecule has 98 valence electrons. The zero-order valence-corrected chi connectivity index (χ0v) is 11.2. The van der Waals surface area contributed by atoms with Gasteiger partial charge in [-0.2, -0.15) is 0 Å². The third kappa shape index (κ3) is 3.01. The molecule has 1 aliphatic heterocycles. The van der Waals surface area contributed by atoms with Crippen LogP contribution in [-0.4, -0.2) is 29.1 Å². The predicted molar refractivity (Wildman–Crippen MR) is 74.5 cm³/mol. The Morgan fingerprint density at radius 3 is 2.89 bits per heavy atom. The average Bonchev–Trinajstić information content (AvgIpc) is 2.72. The maximum atomic E-state index is 5.52. The van der Waals surface area contributed by atoms with Gasteiger partial charge < -0.3 is 16.0 Å². The Morgan fingerprint density at radius 2 is 2.22 bits per heavy atom. The Hall–Kier alpha value is -1.55. The van der Waals surface area contributed by atoms with Crippen LogP contribution in [0.25, 0.3) is 5.70 Å². The lowest BCUT2D eigenvalue weighted by Crippen LogP contribution is -2.33. The van der Waals surface area contributed by atoms with Gasteiger partial charge >= 0.3 is 0 Å². The van der Waals surface area contributed by atoms with Crippen molar-refractivity contribution in [3.8, 4) is 0 Å². The summed E-state index contributed by atoms with van der Waals surface area (Å²) in [5, 5.41) is 3.48. The van der Waals surface area contributed by atoms with Gasteiger partial charge in [-0.25, -0.2) is 0 Å². The van der Waals surface area contributed by atoms with Gasteiger partial charge in [-0.15, -0.1) is 0 Å². The SMILES string of the molecule is Cc1ccc(C2=CN(CCCCN)C(C)N2)cn1. The molecule has 0 aromatic carbocycles. The summed E-state index contributed by atoms with van der Waals surface area (Å²) in [6.07, 6.45) is 6.67. The molecule has 4 heteroatoms. The zero-order valence-electron chi connectivity index (χ0n) is 11.2. The van der Waals surface area contributed by atoms with E-state index in [1.165, 1.54) is 0 Å². The van der Waals surface area contributed by atoms with Gasteiger partial charge in [-0.05, 0) is 45.4 Å². The van der Waals surface area contributed by atoms with E-state index < -0.39 is 0 Å². The lowest BCUT2D eigenvalue weighted by atomic mass is 10.2. The molecule has 0 aliphatic carbocycles. The summed E-state index contributed by atoms with van der Waals surface area (Å²) >= 11 is 0. The van der Waals surface area contributed by atoms with Crippen LogP contribution in [0.2, 0.25) is 0 Å². The Kier molecular flexibility index (Phi) is 4.20. The molecule has 18 heavy (non-hydrogen) atoms. The fourth-order valence-electron chi connectivity index (χ4n) is 2.10. The molecule has 1 unspecified atom stereocenters. The van der Waals surface area contributed by atoms with Gasteiger partial charge in [0.25, 0.3) is 0 Å². The van der Waals surface area contributed by atoms with Crippen molar-refractivity contribution in [3.05, 3.63) is 35.8 Å². The molecule has 2 rings (SSSR count). The second-order valence-electron chi connectivity index (χ2n) is 4.78. The second kappa shape index (κ2) is 5.87. The van der Waals surface area contributed by atoms with Crippen molar-refractivity contribution in [1.82, 2.24) is 15.2 Å². The lowest BCUT2D eigenvalue weighted by molar-refractivity contribution is 0.293. The van der Waals surface area contributed by atoms with Crippen LogP contribution in [0.4, 0.5) is 0 Å². The molecule has 1 aliphatic rings. The monoisotopic (exact) mass is 246 g/mol. The third-order valence-electron chi connectivity index (χ3n) is 3.25. The van der Waals surface area contributed by atoms with Crippen LogP contribution in [0, 0.1) is 6.92 Å². The number of hydrogen-bond acceptors (Lipinski definition) is 4. The molecule has 0 bridgehead atoms. The summed E-state index contributed by atoms with van der Waals surface area (Å²) in [6.45, 7) is 6.00. The van der Waals surface area contributed by atoms with E-state index in [1.807, 2.05) is 19.2 Å². The van der Waals surface area contributed by atoms with Crippen LogP contribution < -0.4 is 11.1 Å². The molecule has 0 saturated carbocycles. The first-order chi connectivity index (χ1) is 8.70. The first-order valence-electron chi connectivity index (χ1n) is 6.58. The highest BCUT2D eigenvalue weighted by Crippen LogP contribution is 2.20. The molecule has 0 spiro atoms. The van der Waals surface area contributed by atoms with Crippen LogP contribution >= 0.6 is 0 Å². The van der Waals surface area contributed by atoms with Crippen LogP contribution in [0.3, 0.4) is 0 Å². The van der Waals surface area contributed by atoms with Crippen molar-refractivity contribution in [3.63, 3.8) is 0 Å². The van der Waals surface area contributed by atoms with E-state index in [4.69, 9.17) is 5.73 Å². The Labute approximate surface area is 109 Å². The van der Waals surface area contributed by atoms with E-state index in [1.54, 1.807) is 0 Å². The quantitative estimate of drug-likeness (QED) is 0.776. The third-order valence-corrected chi connectivity index (χ3v) is 3.25. The smallest absolute Gasteiger partial charge is 0.0957 e. The summed E-state index contributed by atoms with van der Waals surface area (Å²) in [5.74, 6) is 0. The molecule has 0 saturated heterocycles. The van der Waals surface area contributed by atoms with Crippen molar-refractivity contribution in [2.75, 3.05) is 13.1 Å². The molecule has 0 fully saturated rings. The highest BCUT2D eigenvalue weighted by molar-refractivity contribution is 5.64.